The van der Waals surface area contributed by atoms with Crippen LogP contribution >= 0.6 is 0 Å². The van der Waals surface area contributed by atoms with Gasteiger partial charge in [-0.25, -0.2) is 9.80 Å². The van der Waals surface area contributed by atoms with E-state index in [2.05, 4.69) is 15.4 Å². The summed E-state index contributed by atoms with van der Waals surface area (Å²) in [6, 6.07) is 7.60. The van der Waals surface area contributed by atoms with Gasteiger partial charge in [-0.15, -0.1) is 0 Å². The van der Waals surface area contributed by atoms with E-state index >= 15 is 0 Å². The molecule has 1 aliphatic heterocycles. The van der Waals surface area contributed by atoms with Crippen molar-refractivity contribution in [1.82, 2.24) is 9.99 Å². The van der Waals surface area contributed by atoms with Gasteiger partial charge in [0, 0.05) is 24.7 Å². The molecular weight excluding hydrogens is 254 g/mol. The summed E-state index contributed by atoms with van der Waals surface area (Å²) in [5, 5.41) is 12.3. The van der Waals surface area contributed by atoms with Crippen molar-refractivity contribution in [3.63, 3.8) is 0 Å². The molecule has 1 saturated heterocycles. The number of nitrogens with zero attached hydrogens (tertiary/aromatic N) is 2. The number of benzene rings is 1. The average molecular weight is 271 g/mol. The van der Waals surface area contributed by atoms with Crippen molar-refractivity contribution in [1.29, 1.82) is 0 Å². The third-order valence-electron chi connectivity index (χ3n) is 3.63. The highest BCUT2D eigenvalue weighted by molar-refractivity contribution is 6.03. The normalized spacial score (nSPS) is 16.2. The fourth-order valence-electron chi connectivity index (χ4n) is 2.59. The molecule has 0 radical (unpaired) electrons. The van der Waals surface area contributed by atoms with E-state index < -0.39 is 5.97 Å². The lowest BCUT2D eigenvalue weighted by atomic mass is 10.1. The van der Waals surface area contributed by atoms with Gasteiger partial charge in [0.1, 0.15) is 5.56 Å². The first-order chi connectivity index (χ1) is 9.75. The quantitative estimate of drug-likeness (QED) is 0.898. The molecule has 0 aliphatic carbocycles. The number of pyridine rings is 1. The maximum Gasteiger partial charge on any atom is 0.339 e. The van der Waals surface area contributed by atoms with E-state index in [4.69, 9.17) is 0 Å². The van der Waals surface area contributed by atoms with E-state index in [1.54, 1.807) is 0 Å². The number of fused-ring (bicyclic) bond motifs is 1. The van der Waals surface area contributed by atoms with Crippen LogP contribution in [0.4, 0.5) is 5.69 Å². The van der Waals surface area contributed by atoms with Crippen LogP contribution in [0.2, 0.25) is 0 Å². The van der Waals surface area contributed by atoms with Crippen LogP contribution in [0.5, 0.6) is 0 Å². The molecule has 20 heavy (non-hydrogen) atoms. The van der Waals surface area contributed by atoms with E-state index in [9.17, 15) is 9.90 Å². The van der Waals surface area contributed by atoms with E-state index in [0.29, 0.717) is 5.69 Å². The number of carboxylic acid groups (broad SMARTS) is 1. The number of anilines is 1. The van der Waals surface area contributed by atoms with Crippen molar-refractivity contribution in [3.8, 4) is 0 Å². The lowest BCUT2D eigenvalue weighted by molar-refractivity contribution is 0.0697. The summed E-state index contributed by atoms with van der Waals surface area (Å²) >= 11 is 0. The topological polar surface area (TPSA) is 65.5 Å². The monoisotopic (exact) mass is 271 g/mol. The number of hydrogen-bond acceptors (Lipinski definition) is 4. The Balaban J connectivity index is 2.04. The second-order valence-corrected chi connectivity index (χ2v) is 5.03. The molecular formula is C15H17N3O2. The van der Waals surface area contributed by atoms with Crippen molar-refractivity contribution < 1.29 is 9.90 Å². The minimum absolute atomic E-state index is 0.217. The molecule has 1 aromatic heterocycles. The zero-order valence-electron chi connectivity index (χ0n) is 11.2. The summed E-state index contributed by atoms with van der Waals surface area (Å²) in [7, 11) is 0. The standard InChI is InChI=1S/C15H17N3O2/c19-15(20)12-10-16-13-7-3-2-6-11(13)14(12)17-18-8-4-1-5-9-18/h2-3,6-7,10H,1,4-5,8-9H2,(H,16,17)(H,19,20). The molecule has 5 nitrogen and oxygen atoms in total. The van der Waals surface area contributed by atoms with Crippen LogP contribution in [-0.2, 0) is 0 Å². The molecule has 2 aromatic rings. The fraction of sp³-hybridized carbons (Fsp3) is 0.333. The zero-order valence-corrected chi connectivity index (χ0v) is 11.2. The Morgan fingerprint density at radius 3 is 2.70 bits per heavy atom. The van der Waals surface area contributed by atoms with Crippen molar-refractivity contribution in [2.75, 3.05) is 18.5 Å². The van der Waals surface area contributed by atoms with Crippen molar-refractivity contribution in [2.45, 2.75) is 19.3 Å². The molecule has 104 valence electrons. The molecule has 0 unspecified atom stereocenters. The lowest BCUT2D eigenvalue weighted by Crippen LogP contribution is -2.35. The summed E-state index contributed by atoms with van der Waals surface area (Å²) in [5.41, 5.74) is 4.95. The van der Waals surface area contributed by atoms with Crippen LogP contribution in [0.1, 0.15) is 29.6 Å². The Bertz CT molecular complexity index is 636. The molecule has 0 spiro atoms. The Morgan fingerprint density at radius 1 is 1.20 bits per heavy atom. The van der Waals surface area contributed by atoms with Crippen LogP contribution in [0.15, 0.2) is 30.5 Å². The van der Waals surface area contributed by atoms with E-state index in [-0.39, 0.29) is 5.56 Å². The van der Waals surface area contributed by atoms with Gasteiger partial charge in [-0.3, -0.25) is 4.98 Å². The smallest absolute Gasteiger partial charge is 0.339 e. The first-order valence-corrected chi connectivity index (χ1v) is 6.88. The van der Waals surface area contributed by atoms with Gasteiger partial charge in [-0.05, 0) is 18.9 Å². The highest BCUT2D eigenvalue weighted by Gasteiger charge is 2.17. The highest BCUT2D eigenvalue weighted by atomic mass is 16.4. The van der Waals surface area contributed by atoms with Gasteiger partial charge in [0.15, 0.2) is 0 Å². The predicted molar refractivity (Wildman–Crippen MR) is 77.7 cm³/mol. The van der Waals surface area contributed by atoms with Crippen molar-refractivity contribution >= 4 is 22.6 Å². The van der Waals surface area contributed by atoms with Gasteiger partial charge in [0.25, 0.3) is 0 Å². The fourth-order valence-corrected chi connectivity index (χ4v) is 2.59. The van der Waals surface area contributed by atoms with E-state index in [1.807, 2.05) is 24.3 Å². The summed E-state index contributed by atoms with van der Waals surface area (Å²) < 4.78 is 0. The second kappa shape index (κ2) is 5.46. The minimum Gasteiger partial charge on any atom is -0.478 e. The van der Waals surface area contributed by atoms with Gasteiger partial charge in [-0.1, -0.05) is 24.6 Å². The van der Waals surface area contributed by atoms with Gasteiger partial charge < -0.3 is 10.5 Å². The van der Waals surface area contributed by atoms with Gasteiger partial charge in [0.05, 0.1) is 11.2 Å². The molecule has 1 fully saturated rings. The molecule has 2 heterocycles. The summed E-state index contributed by atoms with van der Waals surface area (Å²) in [4.78, 5) is 15.6. The van der Waals surface area contributed by atoms with Gasteiger partial charge in [-0.2, -0.15) is 0 Å². The van der Waals surface area contributed by atoms with Gasteiger partial charge >= 0.3 is 5.97 Å². The average Bonchev–Trinajstić information content (AvgIpc) is 2.48. The maximum absolute atomic E-state index is 11.4. The van der Waals surface area contributed by atoms with E-state index in [0.717, 1.165) is 36.8 Å². The lowest BCUT2D eigenvalue weighted by Gasteiger charge is -2.29. The van der Waals surface area contributed by atoms with Crippen LogP contribution in [0, 0.1) is 0 Å². The third kappa shape index (κ3) is 2.44. The molecule has 0 bridgehead atoms. The number of hydrazine groups is 1. The Hall–Kier alpha value is -2.14. The van der Waals surface area contributed by atoms with Gasteiger partial charge in [0.2, 0.25) is 0 Å². The summed E-state index contributed by atoms with van der Waals surface area (Å²) in [6.45, 7) is 1.88. The Labute approximate surface area is 117 Å². The molecule has 0 amide bonds. The zero-order chi connectivity index (χ0) is 13.9. The molecule has 2 N–H and O–H groups in total. The highest BCUT2D eigenvalue weighted by Crippen LogP contribution is 2.27. The number of nitrogens with one attached hydrogen (secondary N) is 1. The Kier molecular flexibility index (Phi) is 3.52. The van der Waals surface area contributed by atoms with Crippen LogP contribution < -0.4 is 5.43 Å². The first-order valence-electron chi connectivity index (χ1n) is 6.88. The largest absolute Gasteiger partial charge is 0.478 e. The number of aromatic nitrogens is 1. The molecule has 5 heteroatoms. The van der Waals surface area contributed by atoms with Crippen LogP contribution in [0.3, 0.4) is 0 Å². The number of piperidine rings is 1. The molecule has 3 rings (SSSR count). The molecule has 1 aromatic carbocycles. The number of carbonyl (C=O) groups is 1. The summed E-state index contributed by atoms with van der Waals surface area (Å²) in [5.74, 6) is -0.956. The van der Waals surface area contributed by atoms with Crippen molar-refractivity contribution in [2.24, 2.45) is 0 Å². The van der Waals surface area contributed by atoms with Crippen LogP contribution in [0.25, 0.3) is 10.9 Å². The molecule has 0 atom stereocenters. The maximum atomic E-state index is 11.4. The number of aromatic carboxylic acids is 1. The van der Waals surface area contributed by atoms with Crippen LogP contribution in [-0.4, -0.2) is 34.2 Å². The number of rotatable bonds is 3. The van der Waals surface area contributed by atoms with Crippen molar-refractivity contribution in [3.05, 3.63) is 36.0 Å². The first kappa shape index (κ1) is 12.9. The third-order valence-corrected chi connectivity index (χ3v) is 3.63. The summed E-state index contributed by atoms with van der Waals surface area (Å²) in [6.07, 6.45) is 4.94. The Morgan fingerprint density at radius 2 is 1.95 bits per heavy atom. The SMILES string of the molecule is O=C(O)c1cnc2ccccc2c1NN1CCCCC1. The minimum atomic E-state index is -0.956. The molecule has 1 aliphatic rings. The number of para-hydroxylation sites is 1. The molecule has 0 saturated carbocycles. The number of hydrogen-bond donors (Lipinski definition) is 2. The van der Waals surface area contributed by atoms with E-state index in [1.165, 1.54) is 12.6 Å². The second-order valence-electron chi connectivity index (χ2n) is 5.03. The predicted octanol–water partition coefficient (Wildman–Crippen LogP) is 2.75. The number of carboxylic acids is 1.